The number of rotatable bonds is 5. The van der Waals surface area contributed by atoms with Crippen molar-refractivity contribution in [1.82, 2.24) is 4.98 Å². The number of benzene rings is 2. The molecule has 0 unspecified atom stereocenters. The topological polar surface area (TPSA) is 92.4 Å². The first kappa shape index (κ1) is 18.9. The van der Waals surface area contributed by atoms with Gasteiger partial charge in [-0.25, -0.2) is 9.78 Å². The Morgan fingerprint density at radius 1 is 1.15 bits per heavy atom. The highest BCUT2D eigenvalue weighted by Gasteiger charge is 2.11. The number of nitrogens with one attached hydrogen (secondary N) is 3. The molecule has 3 amide bonds. The zero-order chi connectivity index (χ0) is 19.4. The molecule has 0 atom stereocenters. The zero-order valence-electron chi connectivity index (χ0n) is 14.6. The second-order valence-electron chi connectivity index (χ2n) is 5.53. The number of urea groups is 1. The number of amides is 3. The van der Waals surface area contributed by atoms with E-state index in [-0.39, 0.29) is 5.91 Å². The number of anilines is 3. The first-order valence-corrected chi connectivity index (χ1v) is 9.30. The van der Waals surface area contributed by atoms with E-state index in [1.54, 1.807) is 43.3 Å². The number of carbonyl (C=O) groups is 2. The fraction of sp³-hybridized carbons (Fsp3) is 0.167. The van der Waals surface area contributed by atoms with Crippen LogP contribution in [0.5, 0.6) is 5.75 Å². The summed E-state index contributed by atoms with van der Waals surface area (Å²) in [4.78, 5) is 28.1. The molecule has 3 N–H and O–H groups in total. The third kappa shape index (κ3) is 4.66. The smallest absolute Gasteiger partial charge is 0.323 e. The Morgan fingerprint density at radius 2 is 1.96 bits per heavy atom. The Kier molecular flexibility index (Phi) is 5.78. The van der Waals surface area contributed by atoms with Crippen LogP contribution in [0.1, 0.15) is 13.3 Å². The van der Waals surface area contributed by atoms with Crippen LogP contribution >= 0.6 is 22.9 Å². The van der Waals surface area contributed by atoms with Crippen LogP contribution in [0.4, 0.5) is 21.3 Å². The summed E-state index contributed by atoms with van der Waals surface area (Å²) in [5, 5.41) is 9.22. The molecular weight excluding hydrogens is 388 g/mol. The van der Waals surface area contributed by atoms with Gasteiger partial charge in [0, 0.05) is 17.1 Å². The molecule has 2 aromatic carbocycles. The van der Waals surface area contributed by atoms with E-state index in [9.17, 15) is 9.59 Å². The molecule has 0 spiro atoms. The Morgan fingerprint density at radius 3 is 2.70 bits per heavy atom. The van der Waals surface area contributed by atoms with Crippen LogP contribution in [-0.2, 0) is 4.79 Å². The Balaban J connectivity index is 1.73. The summed E-state index contributed by atoms with van der Waals surface area (Å²) >= 11 is 7.31. The van der Waals surface area contributed by atoms with E-state index in [1.807, 2.05) is 0 Å². The van der Waals surface area contributed by atoms with Crippen molar-refractivity contribution >= 4 is 61.6 Å². The van der Waals surface area contributed by atoms with E-state index in [2.05, 4.69) is 20.9 Å². The second-order valence-corrected chi connectivity index (χ2v) is 6.99. The number of thiazole rings is 1. The van der Waals surface area contributed by atoms with Gasteiger partial charge in [0.1, 0.15) is 5.75 Å². The lowest BCUT2D eigenvalue weighted by atomic mass is 10.3. The number of ether oxygens (including phenoxy) is 1. The molecule has 0 radical (unpaired) electrons. The highest BCUT2D eigenvalue weighted by molar-refractivity contribution is 7.22. The van der Waals surface area contributed by atoms with E-state index < -0.39 is 6.03 Å². The standard InChI is InChI=1S/C18H17ClN4O3S/c1-3-16(24)23-18-22-12-6-5-11(9-15(12)27-18)20-17(25)21-13-8-10(19)4-7-14(13)26-2/h4-9H,3H2,1-2H3,(H2,20,21,25)(H,22,23,24). The summed E-state index contributed by atoms with van der Waals surface area (Å²) in [6.45, 7) is 1.78. The normalized spacial score (nSPS) is 10.5. The van der Waals surface area contributed by atoms with Crippen LogP contribution in [0.25, 0.3) is 10.2 Å². The van der Waals surface area contributed by atoms with Gasteiger partial charge in [0.15, 0.2) is 5.13 Å². The molecule has 7 nitrogen and oxygen atoms in total. The van der Waals surface area contributed by atoms with Gasteiger partial charge in [0.25, 0.3) is 0 Å². The summed E-state index contributed by atoms with van der Waals surface area (Å²) < 4.78 is 6.06. The van der Waals surface area contributed by atoms with Crippen molar-refractivity contribution in [2.24, 2.45) is 0 Å². The molecule has 140 valence electrons. The lowest BCUT2D eigenvalue weighted by Gasteiger charge is -2.11. The molecule has 9 heteroatoms. The Bertz CT molecular complexity index is 1010. The number of nitrogens with zero attached hydrogens (tertiary/aromatic N) is 1. The monoisotopic (exact) mass is 404 g/mol. The van der Waals surface area contributed by atoms with Crippen molar-refractivity contribution < 1.29 is 14.3 Å². The van der Waals surface area contributed by atoms with Crippen molar-refractivity contribution in [3.8, 4) is 5.75 Å². The maximum atomic E-state index is 12.3. The van der Waals surface area contributed by atoms with Gasteiger partial charge in [-0.2, -0.15) is 0 Å². The van der Waals surface area contributed by atoms with Gasteiger partial charge in [-0.15, -0.1) is 0 Å². The van der Waals surface area contributed by atoms with E-state index in [0.717, 1.165) is 10.2 Å². The van der Waals surface area contributed by atoms with E-state index in [1.165, 1.54) is 18.4 Å². The minimum Gasteiger partial charge on any atom is -0.495 e. The lowest BCUT2D eigenvalue weighted by molar-refractivity contribution is -0.115. The summed E-state index contributed by atoms with van der Waals surface area (Å²) in [7, 11) is 1.51. The van der Waals surface area contributed by atoms with E-state index >= 15 is 0 Å². The molecule has 0 aliphatic heterocycles. The van der Waals surface area contributed by atoms with Gasteiger partial charge in [-0.3, -0.25) is 4.79 Å². The maximum absolute atomic E-state index is 12.3. The molecule has 1 heterocycles. The summed E-state index contributed by atoms with van der Waals surface area (Å²) in [5.41, 5.74) is 1.80. The molecule has 0 fully saturated rings. The molecular formula is C18H17ClN4O3S. The number of halogens is 1. The van der Waals surface area contributed by atoms with Gasteiger partial charge in [-0.05, 0) is 36.4 Å². The Labute approximate surface area is 164 Å². The van der Waals surface area contributed by atoms with Crippen molar-refractivity contribution in [3.05, 3.63) is 41.4 Å². The van der Waals surface area contributed by atoms with Crippen molar-refractivity contribution in [2.75, 3.05) is 23.1 Å². The minimum atomic E-state index is -0.432. The van der Waals surface area contributed by atoms with Crippen molar-refractivity contribution in [3.63, 3.8) is 0 Å². The van der Waals surface area contributed by atoms with Crippen LogP contribution < -0.4 is 20.7 Å². The lowest BCUT2D eigenvalue weighted by Crippen LogP contribution is -2.19. The molecule has 0 aliphatic carbocycles. The fourth-order valence-corrected chi connectivity index (χ4v) is 3.42. The zero-order valence-corrected chi connectivity index (χ0v) is 16.2. The largest absolute Gasteiger partial charge is 0.495 e. The molecule has 27 heavy (non-hydrogen) atoms. The van der Waals surface area contributed by atoms with Gasteiger partial charge < -0.3 is 20.7 Å². The molecule has 3 rings (SSSR count). The van der Waals surface area contributed by atoms with Crippen LogP contribution in [0.3, 0.4) is 0 Å². The molecule has 1 aromatic heterocycles. The molecule has 0 saturated carbocycles. The van der Waals surface area contributed by atoms with Crippen molar-refractivity contribution in [2.45, 2.75) is 13.3 Å². The fourth-order valence-electron chi connectivity index (χ4n) is 2.33. The quantitative estimate of drug-likeness (QED) is 0.560. The molecule has 0 aliphatic rings. The molecule has 3 aromatic rings. The predicted molar refractivity (Wildman–Crippen MR) is 109 cm³/mol. The molecule has 0 saturated heterocycles. The van der Waals surface area contributed by atoms with Crippen molar-refractivity contribution in [1.29, 1.82) is 0 Å². The third-order valence-electron chi connectivity index (χ3n) is 3.62. The molecule has 0 bridgehead atoms. The van der Waals surface area contributed by atoms with Crippen LogP contribution in [0, 0.1) is 0 Å². The highest BCUT2D eigenvalue weighted by Crippen LogP contribution is 2.30. The average Bonchev–Trinajstić information content (AvgIpc) is 3.03. The second kappa shape index (κ2) is 8.24. The number of hydrogen-bond donors (Lipinski definition) is 3. The first-order valence-electron chi connectivity index (χ1n) is 8.10. The highest BCUT2D eigenvalue weighted by atomic mass is 35.5. The average molecular weight is 405 g/mol. The van der Waals surface area contributed by atoms with Gasteiger partial charge >= 0.3 is 6.03 Å². The Hall–Kier alpha value is -2.84. The van der Waals surface area contributed by atoms with Crippen LogP contribution in [0.15, 0.2) is 36.4 Å². The summed E-state index contributed by atoms with van der Waals surface area (Å²) in [6.07, 6.45) is 0.385. The third-order valence-corrected chi connectivity index (χ3v) is 4.79. The van der Waals surface area contributed by atoms with Gasteiger partial charge in [0.2, 0.25) is 5.91 Å². The van der Waals surface area contributed by atoms with E-state index in [0.29, 0.717) is 33.7 Å². The van der Waals surface area contributed by atoms with Gasteiger partial charge in [0.05, 0.1) is 23.0 Å². The number of aromatic nitrogens is 1. The first-order chi connectivity index (χ1) is 13.0. The summed E-state index contributed by atoms with van der Waals surface area (Å²) in [6, 6.07) is 9.84. The SMILES string of the molecule is CCC(=O)Nc1nc2ccc(NC(=O)Nc3cc(Cl)ccc3OC)cc2s1. The number of methoxy groups -OCH3 is 1. The maximum Gasteiger partial charge on any atom is 0.323 e. The predicted octanol–water partition coefficient (Wildman–Crippen LogP) is 4.95. The minimum absolute atomic E-state index is 0.0951. The van der Waals surface area contributed by atoms with Gasteiger partial charge in [-0.1, -0.05) is 29.9 Å². The van der Waals surface area contributed by atoms with E-state index in [4.69, 9.17) is 16.3 Å². The van der Waals surface area contributed by atoms with Crippen LogP contribution in [0.2, 0.25) is 5.02 Å². The summed E-state index contributed by atoms with van der Waals surface area (Å²) in [5.74, 6) is 0.408. The number of carbonyl (C=O) groups excluding carboxylic acids is 2. The number of fused-ring (bicyclic) bond motifs is 1. The van der Waals surface area contributed by atoms with Crippen LogP contribution in [-0.4, -0.2) is 24.0 Å². The number of hydrogen-bond acceptors (Lipinski definition) is 5.